The van der Waals surface area contributed by atoms with Crippen LogP contribution >= 0.6 is 35.3 Å². The molecule has 0 aliphatic carbocycles. The molecular formula is C22H40IN5OS. The summed E-state index contributed by atoms with van der Waals surface area (Å²) < 4.78 is 0. The normalized spacial score (nSPS) is 24.4. The van der Waals surface area contributed by atoms with Crippen molar-refractivity contribution < 1.29 is 5.11 Å². The van der Waals surface area contributed by atoms with E-state index in [1.165, 1.54) is 24.3 Å². The molecule has 6 nitrogen and oxygen atoms in total. The van der Waals surface area contributed by atoms with Gasteiger partial charge in [-0.3, -0.25) is 9.89 Å². The Bertz CT molecular complexity index is 607. The van der Waals surface area contributed by atoms with E-state index in [0.717, 1.165) is 64.5 Å². The first kappa shape index (κ1) is 25.8. The third-order valence-electron chi connectivity index (χ3n) is 6.17. The Labute approximate surface area is 203 Å². The molecule has 3 N–H and O–H groups in total. The lowest BCUT2D eigenvalue weighted by Gasteiger charge is -2.38. The first-order chi connectivity index (χ1) is 14.2. The van der Waals surface area contributed by atoms with Crippen LogP contribution in [0.3, 0.4) is 0 Å². The lowest BCUT2D eigenvalue weighted by atomic mass is 9.88. The van der Waals surface area contributed by atoms with Gasteiger partial charge in [-0.1, -0.05) is 6.07 Å². The van der Waals surface area contributed by atoms with Crippen molar-refractivity contribution in [3.8, 4) is 0 Å². The lowest BCUT2D eigenvalue weighted by Crippen LogP contribution is -2.41. The Morgan fingerprint density at radius 2 is 2.03 bits per heavy atom. The standard InChI is InChI=1S/C22H39N5OS.HI/c1-3-23-22(24-11-6-13-27-14-9-19(28)10-15-27)25-17-18-7-4-12-26(2)21(18)20-8-5-16-29-20;/h5,8,16,18-19,21,28H,3-4,6-7,9-15,17H2,1-2H3,(H2,23,24,25);1H. The molecule has 0 aromatic carbocycles. The fourth-order valence-corrected chi connectivity index (χ4v) is 5.55. The van der Waals surface area contributed by atoms with Crippen molar-refractivity contribution >= 4 is 41.3 Å². The molecule has 2 aliphatic heterocycles. The molecule has 172 valence electrons. The summed E-state index contributed by atoms with van der Waals surface area (Å²) in [5, 5.41) is 18.7. The van der Waals surface area contributed by atoms with E-state index < -0.39 is 0 Å². The number of halogens is 1. The fraction of sp³-hybridized carbons (Fsp3) is 0.773. The fourth-order valence-electron chi connectivity index (χ4n) is 4.56. The number of nitrogens with zero attached hydrogens (tertiary/aromatic N) is 3. The number of hydrogen-bond acceptors (Lipinski definition) is 5. The van der Waals surface area contributed by atoms with E-state index in [4.69, 9.17) is 4.99 Å². The highest BCUT2D eigenvalue weighted by atomic mass is 127. The summed E-state index contributed by atoms with van der Waals surface area (Å²) in [5.41, 5.74) is 0. The van der Waals surface area contributed by atoms with E-state index in [2.05, 4.69) is 51.9 Å². The molecule has 0 bridgehead atoms. The van der Waals surface area contributed by atoms with E-state index in [-0.39, 0.29) is 30.1 Å². The van der Waals surface area contributed by atoms with Crippen LogP contribution in [0, 0.1) is 5.92 Å². The molecule has 2 fully saturated rings. The first-order valence-corrected chi connectivity index (χ1v) is 12.2. The quantitative estimate of drug-likeness (QED) is 0.201. The molecule has 2 unspecified atom stereocenters. The van der Waals surface area contributed by atoms with Crippen LogP contribution in [0.2, 0.25) is 0 Å². The molecule has 1 aromatic rings. The third kappa shape index (κ3) is 7.93. The largest absolute Gasteiger partial charge is 0.393 e. The average molecular weight is 550 g/mol. The van der Waals surface area contributed by atoms with Crippen LogP contribution in [0.5, 0.6) is 0 Å². The smallest absolute Gasteiger partial charge is 0.191 e. The number of aliphatic imine (C=N–C) groups is 1. The summed E-state index contributed by atoms with van der Waals surface area (Å²) in [6, 6.07) is 4.93. The van der Waals surface area contributed by atoms with Crippen LogP contribution in [0.25, 0.3) is 0 Å². The number of likely N-dealkylation sites (tertiary alicyclic amines) is 2. The highest BCUT2D eigenvalue weighted by molar-refractivity contribution is 14.0. The second kappa shape index (κ2) is 13.9. The van der Waals surface area contributed by atoms with E-state index in [1.54, 1.807) is 0 Å². The van der Waals surface area contributed by atoms with Crippen molar-refractivity contribution in [3.05, 3.63) is 22.4 Å². The molecule has 0 spiro atoms. The van der Waals surface area contributed by atoms with Crippen LogP contribution in [0.1, 0.15) is 49.9 Å². The summed E-state index contributed by atoms with van der Waals surface area (Å²) in [5.74, 6) is 1.52. The minimum Gasteiger partial charge on any atom is -0.393 e. The predicted molar refractivity (Wildman–Crippen MR) is 138 cm³/mol. The van der Waals surface area contributed by atoms with Crippen LogP contribution in [-0.4, -0.2) is 79.8 Å². The van der Waals surface area contributed by atoms with Gasteiger partial charge in [-0.15, -0.1) is 35.3 Å². The van der Waals surface area contributed by atoms with E-state index in [9.17, 15) is 5.11 Å². The van der Waals surface area contributed by atoms with Gasteiger partial charge < -0.3 is 20.6 Å². The maximum absolute atomic E-state index is 9.63. The molecule has 8 heteroatoms. The van der Waals surface area contributed by atoms with Crippen molar-refractivity contribution in [1.82, 2.24) is 20.4 Å². The molecule has 2 aliphatic rings. The molecular weight excluding hydrogens is 509 g/mol. The Hall–Kier alpha value is -0.420. The van der Waals surface area contributed by atoms with Crippen LogP contribution in [0.15, 0.2) is 22.5 Å². The van der Waals surface area contributed by atoms with E-state index >= 15 is 0 Å². The molecule has 3 heterocycles. The highest BCUT2D eigenvalue weighted by Gasteiger charge is 2.31. The monoisotopic (exact) mass is 549 g/mol. The van der Waals surface area contributed by atoms with Gasteiger partial charge in [-0.2, -0.15) is 0 Å². The van der Waals surface area contributed by atoms with Gasteiger partial charge >= 0.3 is 0 Å². The lowest BCUT2D eigenvalue weighted by molar-refractivity contribution is 0.0823. The zero-order valence-electron chi connectivity index (χ0n) is 18.6. The van der Waals surface area contributed by atoms with E-state index in [0.29, 0.717) is 12.0 Å². The minimum absolute atomic E-state index is 0. The Kier molecular flexibility index (Phi) is 12.0. The first-order valence-electron chi connectivity index (χ1n) is 11.3. The Balaban J connectivity index is 0.00000320. The molecule has 0 radical (unpaired) electrons. The summed E-state index contributed by atoms with van der Waals surface area (Å²) in [4.78, 5) is 11.4. The van der Waals surface area contributed by atoms with E-state index in [1.807, 2.05) is 11.3 Å². The molecule has 0 saturated carbocycles. The number of hydrogen-bond donors (Lipinski definition) is 3. The zero-order chi connectivity index (χ0) is 20.5. The molecule has 2 atom stereocenters. The van der Waals surface area contributed by atoms with Gasteiger partial charge in [0.25, 0.3) is 0 Å². The summed E-state index contributed by atoms with van der Waals surface area (Å²) in [6.45, 7) is 9.12. The van der Waals surface area contributed by atoms with Gasteiger partial charge in [0.15, 0.2) is 5.96 Å². The second-order valence-corrected chi connectivity index (χ2v) is 9.40. The van der Waals surface area contributed by atoms with Gasteiger partial charge in [-0.25, -0.2) is 0 Å². The van der Waals surface area contributed by atoms with Crippen LogP contribution in [-0.2, 0) is 0 Å². The van der Waals surface area contributed by atoms with Crippen molar-refractivity contribution in [2.24, 2.45) is 10.9 Å². The Morgan fingerprint density at radius 1 is 1.23 bits per heavy atom. The maximum Gasteiger partial charge on any atom is 0.191 e. The number of thiophene rings is 1. The number of nitrogens with one attached hydrogen (secondary N) is 2. The van der Waals surface area contributed by atoms with Crippen molar-refractivity contribution in [2.75, 3.05) is 52.9 Å². The van der Waals surface area contributed by atoms with Gasteiger partial charge in [0.2, 0.25) is 0 Å². The summed E-state index contributed by atoms with van der Waals surface area (Å²) in [6.07, 6.45) is 5.35. The van der Waals surface area contributed by atoms with Gasteiger partial charge in [-0.05, 0) is 76.5 Å². The molecule has 30 heavy (non-hydrogen) atoms. The number of aliphatic hydroxyl groups is 1. The van der Waals surface area contributed by atoms with Crippen LogP contribution in [0.4, 0.5) is 0 Å². The highest BCUT2D eigenvalue weighted by Crippen LogP contribution is 2.37. The summed E-state index contributed by atoms with van der Waals surface area (Å²) in [7, 11) is 2.25. The van der Waals surface area contributed by atoms with Crippen molar-refractivity contribution in [2.45, 2.75) is 51.2 Å². The topological polar surface area (TPSA) is 63.1 Å². The van der Waals surface area contributed by atoms with Gasteiger partial charge in [0.1, 0.15) is 0 Å². The number of rotatable bonds is 8. The minimum atomic E-state index is -0.0892. The van der Waals surface area contributed by atoms with Crippen molar-refractivity contribution in [3.63, 3.8) is 0 Å². The zero-order valence-corrected chi connectivity index (χ0v) is 21.7. The molecule has 1 aromatic heterocycles. The molecule has 0 amide bonds. The third-order valence-corrected chi connectivity index (χ3v) is 7.11. The summed E-state index contributed by atoms with van der Waals surface area (Å²) >= 11 is 1.87. The van der Waals surface area contributed by atoms with Gasteiger partial charge in [0.05, 0.1) is 6.10 Å². The van der Waals surface area contributed by atoms with Crippen molar-refractivity contribution in [1.29, 1.82) is 0 Å². The number of piperidine rings is 2. The maximum atomic E-state index is 9.63. The SMILES string of the molecule is CCNC(=NCC1CCCN(C)C1c1cccs1)NCCCN1CCC(O)CC1.I. The second-order valence-electron chi connectivity index (χ2n) is 8.42. The van der Waals surface area contributed by atoms with Gasteiger partial charge in [0, 0.05) is 43.6 Å². The van der Waals surface area contributed by atoms with Crippen LogP contribution < -0.4 is 10.6 Å². The molecule has 3 rings (SSSR count). The number of guanidine groups is 1. The average Bonchev–Trinajstić information content (AvgIpc) is 3.25. The Morgan fingerprint density at radius 3 is 2.73 bits per heavy atom. The number of aliphatic hydroxyl groups excluding tert-OH is 1. The molecule has 2 saturated heterocycles. The predicted octanol–water partition coefficient (Wildman–Crippen LogP) is 3.15.